The number of esters is 1. The summed E-state index contributed by atoms with van der Waals surface area (Å²) in [5.41, 5.74) is 0. The minimum Gasteiger partial charge on any atom is -0.466 e. The molecule has 0 aromatic carbocycles. The first-order valence-corrected chi connectivity index (χ1v) is 35.6. The van der Waals surface area contributed by atoms with Crippen molar-refractivity contribution < 1.29 is 24.5 Å². The maximum absolute atomic E-state index is 12.4. The predicted molar refractivity (Wildman–Crippen MR) is 343 cm³/mol. The van der Waals surface area contributed by atoms with Crippen molar-refractivity contribution in [1.29, 1.82) is 0 Å². The van der Waals surface area contributed by atoms with E-state index >= 15 is 0 Å². The zero-order valence-corrected chi connectivity index (χ0v) is 52.9. The van der Waals surface area contributed by atoms with E-state index in [9.17, 15) is 19.8 Å². The van der Waals surface area contributed by atoms with Crippen molar-refractivity contribution in [2.45, 2.75) is 411 Å². The van der Waals surface area contributed by atoms with Crippen LogP contribution in [0.15, 0.2) is 24.3 Å². The van der Waals surface area contributed by atoms with Crippen molar-refractivity contribution in [1.82, 2.24) is 5.32 Å². The van der Waals surface area contributed by atoms with Crippen LogP contribution in [0.5, 0.6) is 0 Å². The molecule has 2 atom stereocenters. The molecule has 6 nitrogen and oxygen atoms in total. The number of hydrogen-bond donors (Lipinski definition) is 3. The minimum atomic E-state index is -0.839. The summed E-state index contributed by atoms with van der Waals surface area (Å²) in [7, 11) is 0. The molecule has 0 saturated heterocycles. The van der Waals surface area contributed by atoms with E-state index in [1.165, 1.54) is 334 Å². The molecular weight excluding hydrogens is 959 g/mol. The average molecular weight is 1100 g/mol. The van der Waals surface area contributed by atoms with Crippen LogP contribution in [0.1, 0.15) is 399 Å². The molecule has 0 aliphatic carbocycles. The van der Waals surface area contributed by atoms with Gasteiger partial charge >= 0.3 is 5.97 Å². The maximum atomic E-state index is 12.4. The van der Waals surface area contributed by atoms with Gasteiger partial charge in [-0.3, -0.25) is 9.59 Å². The standard InChI is InChI=1S/C72H139NO5/c1-3-5-7-9-11-13-15-16-17-35-39-42-46-50-54-58-62-66-72(77)78-67-63-59-55-51-47-43-40-37-34-32-30-28-26-24-22-20-18-19-21-23-25-27-29-31-33-36-38-41-45-49-53-57-61-65-71(76)73-69(68-74)70(75)64-60-56-52-48-44-14-12-10-8-6-4-2/h16-17,60,64,69-70,74-75H,3-15,18-59,61-63,65-68H2,1-2H3,(H,73,76)/b17-16-,64-60+. The molecule has 0 aliphatic rings. The molecule has 0 bridgehead atoms. The second-order valence-electron chi connectivity index (χ2n) is 24.6. The highest BCUT2D eigenvalue weighted by atomic mass is 16.5. The summed E-state index contributed by atoms with van der Waals surface area (Å²) in [5.74, 6) is -0.0440. The van der Waals surface area contributed by atoms with E-state index in [1.54, 1.807) is 6.08 Å². The fraction of sp³-hybridized carbons (Fsp3) is 0.917. The van der Waals surface area contributed by atoms with Crippen LogP contribution in [0.2, 0.25) is 0 Å². The first-order valence-electron chi connectivity index (χ1n) is 35.6. The van der Waals surface area contributed by atoms with Crippen LogP contribution in [-0.4, -0.2) is 47.4 Å². The van der Waals surface area contributed by atoms with Gasteiger partial charge in [0.1, 0.15) is 0 Å². The van der Waals surface area contributed by atoms with Crippen molar-refractivity contribution >= 4 is 11.9 Å². The Balaban J connectivity index is 3.30. The summed E-state index contributed by atoms with van der Waals surface area (Å²) in [6, 6.07) is -0.622. The van der Waals surface area contributed by atoms with Gasteiger partial charge in [0.15, 0.2) is 0 Å². The van der Waals surface area contributed by atoms with E-state index < -0.39 is 12.1 Å². The number of aliphatic hydroxyl groups excluding tert-OH is 2. The fourth-order valence-corrected chi connectivity index (χ4v) is 11.3. The van der Waals surface area contributed by atoms with Crippen LogP contribution in [0.3, 0.4) is 0 Å². The number of ether oxygens (including phenoxy) is 1. The van der Waals surface area contributed by atoms with E-state index in [-0.39, 0.29) is 18.5 Å². The third-order valence-electron chi connectivity index (χ3n) is 16.7. The lowest BCUT2D eigenvalue weighted by molar-refractivity contribution is -0.143. The zero-order valence-electron chi connectivity index (χ0n) is 52.9. The number of carbonyl (C=O) groups excluding carboxylic acids is 2. The maximum Gasteiger partial charge on any atom is 0.305 e. The molecule has 1 amide bonds. The Hall–Kier alpha value is -1.66. The predicted octanol–water partition coefficient (Wildman–Crippen LogP) is 22.9. The van der Waals surface area contributed by atoms with Gasteiger partial charge in [0.25, 0.3) is 0 Å². The molecule has 0 radical (unpaired) electrons. The fourth-order valence-electron chi connectivity index (χ4n) is 11.3. The molecule has 3 N–H and O–H groups in total. The van der Waals surface area contributed by atoms with Gasteiger partial charge in [0.2, 0.25) is 5.91 Å². The van der Waals surface area contributed by atoms with Crippen molar-refractivity contribution in [3.8, 4) is 0 Å². The lowest BCUT2D eigenvalue weighted by Crippen LogP contribution is -2.45. The second kappa shape index (κ2) is 67.8. The Morgan fingerprint density at radius 3 is 0.910 bits per heavy atom. The molecule has 2 unspecified atom stereocenters. The first kappa shape index (κ1) is 76.3. The number of nitrogens with one attached hydrogen (secondary N) is 1. The Morgan fingerprint density at radius 1 is 0.346 bits per heavy atom. The van der Waals surface area contributed by atoms with Gasteiger partial charge < -0.3 is 20.3 Å². The van der Waals surface area contributed by atoms with E-state index in [0.29, 0.717) is 19.4 Å². The van der Waals surface area contributed by atoms with E-state index in [4.69, 9.17) is 4.74 Å². The number of aliphatic hydroxyl groups is 2. The molecule has 0 aromatic heterocycles. The zero-order chi connectivity index (χ0) is 56.4. The molecule has 6 heteroatoms. The monoisotopic (exact) mass is 1100 g/mol. The molecule has 0 rings (SSSR count). The van der Waals surface area contributed by atoms with Crippen molar-refractivity contribution in [3.63, 3.8) is 0 Å². The molecule has 0 fully saturated rings. The molecule has 462 valence electrons. The van der Waals surface area contributed by atoms with Gasteiger partial charge in [-0.2, -0.15) is 0 Å². The largest absolute Gasteiger partial charge is 0.466 e. The molecular formula is C72H139NO5. The smallest absolute Gasteiger partial charge is 0.305 e. The lowest BCUT2D eigenvalue weighted by Gasteiger charge is -2.20. The summed E-state index contributed by atoms with van der Waals surface area (Å²) in [6.07, 6.45) is 85.6. The highest BCUT2D eigenvalue weighted by Crippen LogP contribution is 2.19. The first-order chi connectivity index (χ1) is 38.5. The van der Waals surface area contributed by atoms with Crippen LogP contribution >= 0.6 is 0 Å². The van der Waals surface area contributed by atoms with Gasteiger partial charge in [0.05, 0.1) is 25.4 Å². The van der Waals surface area contributed by atoms with Crippen molar-refractivity contribution in [2.75, 3.05) is 13.2 Å². The Labute approximate surface area is 488 Å². The minimum absolute atomic E-state index is 0.0187. The van der Waals surface area contributed by atoms with Crippen LogP contribution in [0, 0.1) is 0 Å². The van der Waals surface area contributed by atoms with Crippen LogP contribution in [0.4, 0.5) is 0 Å². The highest BCUT2D eigenvalue weighted by Gasteiger charge is 2.18. The van der Waals surface area contributed by atoms with E-state index in [2.05, 4.69) is 31.3 Å². The summed E-state index contributed by atoms with van der Waals surface area (Å²) >= 11 is 0. The number of hydrogen-bond acceptors (Lipinski definition) is 5. The highest BCUT2D eigenvalue weighted by molar-refractivity contribution is 5.76. The number of amides is 1. The van der Waals surface area contributed by atoms with Gasteiger partial charge in [-0.15, -0.1) is 0 Å². The Kier molecular flexibility index (Phi) is 66.4. The molecule has 0 aliphatic heterocycles. The summed E-state index contributed by atoms with van der Waals surface area (Å²) in [5, 5.41) is 23.1. The van der Waals surface area contributed by atoms with Crippen molar-refractivity contribution in [2.24, 2.45) is 0 Å². The molecule has 0 aromatic rings. The quantitative estimate of drug-likeness (QED) is 0.0320. The van der Waals surface area contributed by atoms with Gasteiger partial charge in [-0.1, -0.05) is 353 Å². The third kappa shape index (κ3) is 63.5. The third-order valence-corrected chi connectivity index (χ3v) is 16.7. The summed E-state index contributed by atoms with van der Waals surface area (Å²) in [6.45, 7) is 4.92. The number of carbonyl (C=O) groups is 2. The molecule has 0 saturated carbocycles. The lowest BCUT2D eigenvalue weighted by atomic mass is 10.0. The van der Waals surface area contributed by atoms with Crippen molar-refractivity contribution in [3.05, 3.63) is 24.3 Å². The van der Waals surface area contributed by atoms with Crippen LogP contribution in [0.25, 0.3) is 0 Å². The Bertz CT molecular complexity index is 1220. The van der Waals surface area contributed by atoms with Gasteiger partial charge in [0, 0.05) is 12.8 Å². The van der Waals surface area contributed by atoms with Crippen LogP contribution < -0.4 is 5.32 Å². The second-order valence-corrected chi connectivity index (χ2v) is 24.6. The summed E-state index contributed by atoms with van der Waals surface area (Å²) < 4.78 is 5.51. The SMILES string of the molecule is CCCCCCCC/C=C\CCCCCCCCCC(=O)OCCCCCCCCCCCCCCCCCCCCCCCCCCCCCCCCCCCC(=O)NC(CO)C(O)/C=C/CCCCCCCCCCC. The summed E-state index contributed by atoms with van der Waals surface area (Å²) in [4.78, 5) is 24.5. The van der Waals surface area contributed by atoms with Crippen LogP contribution in [-0.2, 0) is 14.3 Å². The van der Waals surface area contributed by atoms with Gasteiger partial charge in [-0.25, -0.2) is 0 Å². The van der Waals surface area contributed by atoms with E-state index in [1.807, 2.05) is 6.08 Å². The normalized spacial score (nSPS) is 12.6. The van der Waals surface area contributed by atoms with E-state index in [0.717, 1.165) is 38.5 Å². The molecule has 78 heavy (non-hydrogen) atoms. The average Bonchev–Trinajstić information content (AvgIpc) is 3.44. The topological polar surface area (TPSA) is 95.9 Å². The molecule has 0 spiro atoms. The number of allylic oxidation sites excluding steroid dienone is 3. The number of unbranched alkanes of at least 4 members (excludes halogenated alkanes) is 54. The number of rotatable bonds is 67. The Morgan fingerprint density at radius 2 is 0.603 bits per heavy atom. The molecule has 0 heterocycles. The van der Waals surface area contributed by atoms with Gasteiger partial charge in [-0.05, 0) is 57.8 Å².